The summed E-state index contributed by atoms with van der Waals surface area (Å²) in [6, 6.07) is 13.0. The van der Waals surface area contributed by atoms with Gasteiger partial charge in [0.25, 0.3) is 0 Å². The van der Waals surface area contributed by atoms with Crippen LogP contribution in [0, 0.1) is 26.7 Å². The smallest absolute Gasteiger partial charge is 0.163 e. The molecule has 218 valence electrons. The molecule has 0 radical (unpaired) electrons. The zero-order valence-corrected chi connectivity index (χ0v) is 26.4. The second-order valence-electron chi connectivity index (χ2n) is 11.1. The third-order valence-corrected chi connectivity index (χ3v) is 7.94. The Morgan fingerprint density at radius 3 is 2.10 bits per heavy atom. The van der Waals surface area contributed by atoms with E-state index < -0.39 is 0 Å². The SMILES string of the molecule is CC.CC1CCC1.CCC(=O)/C(=C/C(C=NC1CCN(C)CC1)=C/N)c1cc(-c2c(C)cccc2C)ccc1C. The summed E-state index contributed by atoms with van der Waals surface area (Å²) >= 11 is 0. The van der Waals surface area contributed by atoms with Gasteiger partial charge in [-0.1, -0.05) is 77.3 Å². The van der Waals surface area contributed by atoms with Crippen LogP contribution in [-0.2, 0) is 4.79 Å². The minimum Gasteiger partial charge on any atom is -0.404 e. The number of rotatable bonds is 7. The molecule has 4 heteroatoms. The lowest BCUT2D eigenvalue weighted by atomic mass is 9.88. The van der Waals surface area contributed by atoms with Gasteiger partial charge < -0.3 is 10.6 Å². The van der Waals surface area contributed by atoms with E-state index in [0.717, 1.165) is 54.1 Å². The Labute approximate surface area is 244 Å². The van der Waals surface area contributed by atoms with Crippen LogP contribution in [0.2, 0.25) is 0 Å². The molecule has 0 bridgehead atoms. The normalized spacial score (nSPS) is 17.0. The number of carbonyl (C=O) groups is 1. The molecule has 0 spiro atoms. The van der Waals surface area contributed by atoms with Gasteiger partial charge in [-0.15, -0.1) is 0 Å². The lowest BCUT2D eigenvalue weighted by Gasteiger charge is -2.26. The van der Waals surface area contributed by atoms with Gasteiger partial charge in [-0.2, -0.15) is 0 Å². The van der Waals surface area contributed by atoms with E-state index in [1.165, 1.54) is 36.0 Å². The average molecular weight is 544 g/mol. The number of piperidine rings is 1. The van der Waals surface area contributed by atoms with Gasteiger partial charge in [0, 0.05) is 30.0 Å². The number of hydrogen-bond acceptors (Lipinski definition) is 4. The summed E-state index contributed by atoms with van der Waals surface area (Å²) in [5.74, 6) is 1.17. The second kappa shape index (κ2) is 17.0. The third-order valence-electron chi connectivity index (χ3n) is 7.94. The van der Waals surface area contributed by atoms with Gasteiger partial charge in [-0.25, -0.2) is 0 Å². The molecule has 4 rings (SSSR count). The Hall–Kier alpha value is -2.98. The Morgan fingerprint density at radius 1 is 1.00 bits per heavy atom. The summed E-state index contributed by atoms with van der Waals surface area (Å²) < 4.78 is 0. The number of nitrogens with two attached hydrogens (primary N) is 1. The van der Waals surface area contributed by atoms with Crippen LogP contribution in [0.1, 0.15) is 88.5 Å². The first-order valence-electron chi connectivity index (χ1n) is 15.3. The quantitative estimate of drug-likeness (QED) is 0.216. The molecule has 2 fully saturated rings. The molecule has 1 aliphatic heterocycles. The maximum absolute atomic E-state index is 13.1. The Balaban J connectivity index is 0.000000706. The molecule has 2 aromatic rings. The van der Waals surface area contributed by atoms with Crippen LogP contribution < -0.4 is 5.73 Å². The first kappa shape index (κ1) is 33.2. The highest BCUT2D eigenvalue weighted by atomic mass is 16.1. The molecule has 0 unspecified atom stereocenters. The average Bonchev–Trinajstić information content (AvgIpc) is 2.95. The van der Waals surface area contributed by atoms with Crippen LogP contribution in [0.25, 0.3) is 16.7 Å². The molecule has 4 nitrogen and oxygen atoms in total. The standard InChI is InChI=1S/C29H37N3O.C5H10.C2H6/c1-6-28(33)27(16-23(18-30)19-31-25-12-14-32(5)15-13-25)26-17-24(11-10-20(26)2)29-21(3)8-7-9-22(29)4;1-5-3-2-4-5;1-2/h7-11,16-19,25H,6,12-15,30H2,1-5H3;5H,2-4H2,1H3;1-2H3/b23-18-,27-16+,31-19?;;. The fourth-order valence-electron chi connectivity index (χ4n) is 5.08. The summed E-state index contributed by atoms with van der Waals surface area (Å²) in [5, 5.41) is 0. The lowest BCUT2D eigenvalue weighted by molar-refractivity contribution is -0.113. The van der Waals surface area contributed by atoms with Gasteiger partial charge in [-0.3, -0.25) is 9.79 Å². The number of likely N-dealkylation sites (tertiary alicyclic amines) is 1. The van der Waals surface area contributed by atoms with Crippen LogP contribution in [0.4, 0.5) is 0 Å². The lowest BCUT2D eigenvalue weighted by Crippen LogP contribution is -2.32. The number of Topliss-reactive ketones (excluding diaryl/α,β-unsaturated/α-hetero) is 1. The molecule has 1 saturated carbocycles. The molecule has 0 amide bonds. The molecule has 0 atom stereocenters. The van der Waals surface area contributed by atoms with Crippen molar-refractivity contribution in [2.75, 3.05) is 20.1 Å². The second-order valence-corrected chi connectivity index (χ2v) is 11.1. The minimum atomic E-state index is 0.101. The van der Waals surface area contributed by atoms with Crippen molar-refractivity contribution in [2.45, 2.75) is 93.0 Å². The van der Waals surface area contributed by atoms with E-state index in [-0.39, 0.29) is 5.78 Å². The highest BCUT2D eigenvalue weighted by Crippen LogP contribution is 2.32. The van der Waals surface area contributed by atoms with Gasteiger partial charge in [0.1, 0.15) is 0 Å². The Bertz CT molecular complexity index is 1160. The summed E-state index contributed by atoms with van der Waals surface area (Å²) in [4.78, 5) is 20.2. The number of ketones is 1. The predicted molar refractivity (Wildman–Crippen MR) is 175 cm³/mol. The Kier molecular flexibility index (Phi) is 14.1. The van der Waals surface area contributed by atoms with E-state index >= 15 is 0 Å². The first-order valence-corrected chi connectivity index (χ1v) is 15.3. The van der Waals surface area contributed by atoms with Crippen molar-refractivity contribution < 1.29 is 4.79 Å². The monoisotopic (exact) mass is 543 g/mol. The van der Waals surface area contributed by atoms with Crippen LogP contribution in [0.5, 0.6) is 0 Å². The maximum atomic E-state index is 13.1. The Morgan fingerprint density at radius 2 is 1.60 bits per heavy atom. The fraction of sp³-hybridized carbons (Fsp3) is 0.500. The van der Waals surface area contributed by atoms with E-state index in [1.807, 2.05) is 33.1 Å². The number of allylic oxidation sites excluding steroid dienone is 3. The van der Waals surface area contributed by atoms with Gasteiger partial charge in [0.05, 0.1) is 6.04 Å². The predicted octanol–water partition coefficient (Wildman–Crippen LogP) is 8.48. The largest absolute Gasteiger partial charge is 0.404 e. The topological polar surface area (TPSA) is 58.7 Å². The van der Waals surface area contributed by atoms with E-state index in [1.54, 1.807) is 6.20 Å². The molecule has 40 heavy (non-hydrogen) atoms. The van der Waals surface area contributed by atoms with Gasteiger partial charge >= 0.3 is 0 Å². The molecule has 1 saturated heterocycles. The van der Waals surface area contributed by atoms with Crippen LogP contribution >= 0.6 is 0 Å². The number of hydrogen-bond donors (Lipinski definition) is 1. The van der Waals surface area contributed by atoms with Crippen molar-refractivity contribution in [1.29, 1.82) is 0 Å². The zero-order chi connectivity index (χ0) is 29.7. The first-order chi connectivity index (χ1) is 19.2. The van der Waals surface area contributed by atoms with Crippen LogP contribution in [0.3, 0.4) is 0 Å². The number of nitrogens with zero attached hydrogens (tertiary/aromatic N) is 2. The molecule has 0 aromatic heterocycles. The van der Waals surface area contributed by atoms with Crippen LogP contribution in [0.15, 0.2) is 59.2 Å². The molecular weight excluding hydrogens is 490 g/mol. The van der Waals surface area contributed by atoms with Crippen molar-refractivity contribution in [3.8, 4) is 11.1 Å². The molecule has 2 aliphatic rings. The highest BCUT2D eigenvalue weighted by Gasteiger charge is 2.17. The van der Waals surface area contributed by atoms with Crippen molar-refractivity contribution >= 4 is 17.6 Å². The van der Waals surface area contributed by atoms with Crippen molar-refractivity contribution in [2.24, 2.45) is 16.6 Å². The fourth-order valence-corrected chi connectivity index (χ4v) is 5.08. The minimum absolute atomic E-state index is 0.101. The maximum Gasteiger partial charge on any atom is 0.163 e. The molecule has 1 aliphatic carbocycles. The highest BCUT2D eigenvalue weighted by molar-refractivity contribution is 6.22. The number of aliphatic imine (C=N–C) groups is 1. The van der Waals surface area contributed by atoms with Crippen LogP contribution in [-0.4, -0.2) is 43.1 Å². The number of carbonyl (C=O) groups excluding carboxylic acids is 1. The summed E-state index contributed by atoms with van der Waals surface area (Å²) in [6.45, 7) is 16.6. The van der Waals surface area contributed by atoms with Crippen molar-refractivity contribution in [1.82, 2.24) is 4.90 Å². The summed E-state index contributed by atoms with van der Waals surface area (Å²) in [7, 11) is 2.14. The number of aryl methyl sites for hydroxylation is 3. The molecule has 2 N–H and O–H groups in total. The molecule has 1 heterocycles. The van der Waals surface area contributed by atoms with Gasteiger partial charge in [0.2, 0.25) is 0 Å². The van der Waals surface area contributed by atoms with E-state index in [9.17, 15) is 4.79 Å². The van der Waals surface area contributed by atoms with E-state index in [4.69, 9.17) is 10.7 Å². The summed E-state index contributed by atoms with van der Waals surface area (Å²) in [6.07, 6.45) is 12.3. The zero-order valence-electron chi connectivity index (χ0n) is 26.4. The number of benzene rings is 2. The van der Waals surface area contributed by atoms with E-state index in [0.29, 0.717) is 18.0 Å². The van der Waals surface area contributed by atoms with E-state index in [2.05, 4.69) is 76.0 Å². The molecule has 2 aromatic carbocycles. The molecular formula is C36H53N3O. The van der Waals surface area contributed by atoms with Crippen molar-refractivity contribution in [3.05, 3.63) is 76.5 Å². The van der Waals surface area contributed by atoms with Gasteiger partial charge in [-0.05, 0) is 105 Å². The van der Waals surface area contributed by atoms with Crippen molar-refractivity contribution in [3.63, 3.8) is 0 Å². The third kappa shape index (κ3) is 9.59. The van der Waals surface area contributed by atoms with Gasteiger partial charge in [0.15, 0.2) is 5.78 Å². The summed E-state index contributed by atoms with van der Waals surface area (Å²) in [5.41, 5.74) is 14.2.